The van der Waals surface area contributed by atoms with Crippen LogP contribution < -0.4 is 16.2 Å². The zero-order valence-corrected chi connectivity index (χ0v) is 10.1. The van der Waals surface area contributed by atoms with Crippen molar-refractivity contribution in [3.8, 4) is 0 Å². The molecule has 0 heterocycles. The molecule has 0 fully saturated rings. The summed E-state index contributed by atoms with van der Waals surface area (Å²) in [4.78, 5) is 13.9. The number of hydrogen-bond acceptors (Lipinski definition) is 3. The highest BCUT2D eigenvalue weighted by molar-refractivity contribution is 6.09. The molecular formula is C14H15N3O. The molecule has 2 rings (SSSR count). The fraction of sp³-hybridized carbons (Fsp3) is 0.0714. The summed E-state index contributed by atoms with van der Waals surface area (Å²) >= 11 is 0. The van der Waals surface area contributed by atoms with Gasteiger partial charge in [0.2, 0.25) is 0 Å². The average Bonchev–Trinajstić information content (AvgIpc) is 2.46. The van der Waals surface area contributed by atoms with Crippen LogP contribution in [0.1, 0.15) is 10.4 Å². The number of nitrogen functional groups attached to an aromatic ring is 1. The fourth-order valence-corrected chi connectivity index (χ4v) is 1.75. The first-order valence-electron chi connectivity index (χ1n) is 5.63. The minimum Gasteiger partial charge on any atom is -0.323 e. The zero-order chi connectivity index (χ0) is 13.0. The van der Waals surface area contributed by atoms with Crippen molar-refractivity contribution in [2.24, 2.45) is 5.84 Å². The van der Waals surface area contributed by atoms with Crippen molar-refractivity contribution in [1.29, 1.82) is 0 Å². The number of anilines is 2. The van der Waals surface area contributed by atoms with Gasteiger partial charge in [0.1, 0.15) is 0 Å². The summed E-state index contributed by atoms with van der Waals surface area (Å²) in [5.74, 6) is 5.30. The van der Waals surface area contributed by atoms with Crippen LogP contribution in [0.4, 0.5) is 11.4 Å². The van der Waals surface area contributed by atoms with E-state index in [1.807, 2.05) is 42.5 Å². The first kappa shape index (κ1) is 12.1. The van der Waals surface area contributed by atoms with Gasteiger partial charge in [0.25, 0.3) is 5.91 Å². The van der Waals surface area contributed by atoms with Crippen LogP contribution in [0.15, 0.2) is 54.6 Å². The molecule has 0 aliphatic rings. The maximum Gasteiger partial charge on any atom is 0.260 e. The Kier molecular flexibility index (Phi) is 3.60. The molecule has 1 amide bonds. The molecule has 2 aromatic carbocycles. The number of hydrazine groups is 1. The highest BCUT2D eigenvalue weighted by Crippen LogP contribution is 2.19. The van der Waals surface area contributed by atoms with Gasteiger partial charge in [0.15, 0.2) is 0 Å². The molecule has 0 saturated heterocycles. The van der Waals surface area contributed by atoms with Crippen molar-refractivity contribution < 1.29 is 4.79 Å². The van der Waals surface area contributed by atoms with E-state index < -0.39 is 0 Å². The third-order valence-corrected chi connectivity index (χ3v) is 2.76. The molecule has 0 radical (unpaired) electrons. The Morgan fingerprint density at radius 2 is 1.67 bits per heavy atom. The van der Waals surface area contributed by atoms with Crippen molar-refractivity contribution in [1.82, 2.24) is 0 Å². The van der Waals surface area contributed by atoms with Gasteiger partial charge in [-0.1, -0.05) is 30.3 Å². The molecule has 0 saturated carbocycles. The maximum absolute atomic E-state index is 12.4. The molecule has 4 heteroatoms. The van der Waals surface area contributed by atoms with E-state index in [2.05, 4.69) is 5.43 Å². The summed E-state index contributed by atoms with van der Waals surface area (Å²) in [6, 6.07) is 16.6. The largest absolute Gasteiger partial charge is 0.323 e. The third kappa shape index (κ3) is 2.33. The molecule has 0 aliphatic heterocycles. The summed E-state index contributed by atoms with van der Waals surface area (Å²) in [7, 11) is 1.74. The van der Waals surface area contributed by atoms with Gasteiger partial charge >= 0.3 is 0 Å². The van der Waals surface area contributed by atoms with Crippen LogP contribution in [0.25, 0.3) is 0 Å². The standard InChI is InChI=1S/C14H15N3O/c1-17(11-7-3-2-4-8-11)14(18)12-9-5-6-10-13(12)16-15/h2-10,16H,15H2,1H3. The molecule has 0 bridgehead atoms. The van der Waals surface area contributed by atoms with E-state index in [1.165, 1.54) is 0 Å². The number of benzene rings is 2. The average molecular weight is 241 g/mol. The third-order valence-electron chi connectivity index (χ3n) is 2.76. The lowest BCUT2D eigenvalue weighted by Gasteiger charge is -2.18. The van der Waals surface area contributed by atoms with Gasteiger partial charge in [-0.15, -0.1) is 0 Å². The summed E-state index contributed by atoms with van der Waals surface area (Å²) in [6.45, 7) is 0. The Hall–Kier alpha value is -2.33. The van der Waals surface area contributed by atoms with E-state index in [-0.39, 0.29) is 5.91 Å². The lowest BCUT2D eigenvalue weighted by Crippen LogP contribution is -2.27. The number of para-hydroxylation sites is 2. The minimum absolute atomic E-state index is 0.102. The number of carbonyl (C=O) groups excluding carboxylic acids is 1. The topological polar surface area (TPSA) is 58.4 Å². The number of hydrogen-bond donors (Lipinski definition) is 2. The summed E-state index contributed by atoms with van der Waals surface area (Å²) in [5, 5.41) is 0. The van der Waals surface area contributed by atoms with Crippen LogP contribution in [0, 0.1) is 0 Å². The normalized spacial score (nSPS) is 9.89. The van der Waals surface area contributed by atoms with Gasteiger partial charge < -0.3 is 10.3 Å². The summed E-state index contributed by atoms with van der Waals surface area (Å²) in [5.41, 5.74) is 4.54. The van der Waals surface area contributed by atoms with Crippen LogP contribution in [0.5, 0.6) is 0 Å². The lowest BCUT2D eigenvalue weighted by molar-refractivity contribution is 0.0994. The van der Waals surface area contributed by atoms with E-state index >= 15 is 0 Å². The second-order valence-corrected chi connectivity index (χ2v) is 3.89. The van der Waals surface area contributed by atoms with Crippen molar-refractivity contribution in [3.63, 3.8) is 0 Å². The van der Waals surface area contributed by atoms with E-state index in [0.717, 1.165) is 5.69 Å². The summed E-state index contributed by atoms with van der Waals surface area (Å²) < 4.78 is 0. The van der Waals surface area contributed by atoms with Crippen LogP contribution in [-0.4, -0.2) is 13.0 Å². The fourth-order valence-electron chi connectivity index (χ4n) is 1.75. The van der Waals surface area contributed by atoms with E-state index in [1.54, 1.807) is 24.1 Å². The molecule has 3 N–H and O–H groups in total. The predicted octanol–water partition coefficient (Wildman–Crippen LogP) is 2.25. The number of nitrogens with zero attached hydrogens (tertiary/aromatic N) is 1. The Bertz CT molecular complexity index is 540. The second-order valence-electron chi connectivity index (χ2n) is 3.89. The van der Waals surface area contributed by atoms with Crippen molar-refractivity contribution in [2.45, 2.75) is 0 Å². The molecule has 0 aromatic heterocycles. The molecule has 0 unspecified atom stereocenters. The van der Waals surface area contributed by atoms with E-state index in [0.29, 0.717) is 11.3 Å². The maximum atomic E-state index is 12.4. The predicted molar refractivity (Wildman–Crippen MR) is 73.4 cm³/mol. The number of nitrogens with one attached hydrogen (secondary N) is 1. The molecular weight excluding hydrogens is 226 g/mol. The Labute approximate surface area is 106 Å². The Morgan fingerprint density at radius 3 is 2.33 bits per heavy atom. The number of rotatable bonds is 3. The molecule has 0 aliphatic carbocycles. The van der Waals surface area contributed by atoms with E-state index in [4.69, 9.17) is 5.84 Å². The van der Waals surface area contributed by atoms with Crippen LogP contribution in [-0.2, 0) is 0 Å². The highest BCUT2D eigenvalue weighted by atomic mass is 16.2. The molecule has 2 aromatic rings. The molecule has 4 nitrogen and oxygen atoms in total. The van der Waals surface area contributed by atoms with Gasteiger partial charge in [0.05, 0.1) is 11.3 Å². The number of carbonyl (C=O) groups is 1. The van der Waals surface area contributed by atoms with Gasteiger partial charge in [-0.3, -0.25) is 10.6 Å². The van der Waals surface area contributed by atoms with Crippen LogP contribution in [0.3, 0.4) is 0 Å². The van der Waals surface area contributed by atoms with Crippen LogP contribution in [0.2, 0.25) is 0 Å². The molecule has 0 spiro atoms. The number of amides is 1. The monoisotopic (exact) mass is 241 g/mol. The smallest absolute Gasteiger partial charge is 0.260 e. The second kappa shape index (κ2) is 5.33. The Morgan fingerprint density at radius 1 is 1.06 bits per heavy atom. The van der Waals surface area contributed by atoms with E-state index in [9.17, 15) is 4.79 Å². The SMILES string of the molecule is CN(C(=O)c1ccccc1NN)c1ccccc1. The van der Waals surface area contributed by atoms with Gasteiger partial charge in [-0.05, 0) is 24.3 Å². The molecule has 18 heavy (non-hydrogen) atoms. The molecule has 0 atom stereocenters. The van der Waals surface area contributed by atoms with Gasteiger partial charge in [-0.2, -0.15) is 0 Å². The zero-order valence-electron chi connectivity index (χ0n) is 10.1. The first-order valence-corrected chi connectivity index (χ1v) is 5.63. The molecule has 92 valence electrons. The summed E-state index contributed by atoms with van der Waals surface area (Å²) in [6.07, 6.45) is 0. The lowest BCUT2D eigenvalue weighted by atomic mass is 10.1. The quantitative estimate of drug-likeness (QED) is 0.640. The van der Waals surface area contributed by atoms with Crippen LogP contribution >= 0.6 is 0 Å². The van der Waals surface area contributed by atoms with Crippen molar-refractivity contribution >= 4 is 17.3 Å². The number of nitrogens with two attached hydrogens (primary N) is 1. The van der Waals surface area contributed by atoms with Gasteiger partial charge in [-0.25, -0.2) is 0 Å². The Balaban J connectivity index is 2.32. The highest BCUT2D eigenvalue weighted by Gasteiger charge is 2.15. The minimum atomic E-state index is -0.102. The first-order chi connectivity index (χ1) is 8.74. The van der Waals surface area contributed by atoms with Crippen molar-refractivity contribution in [3.05, 3.63) is 60.2 Å². The van der Waals surface area contributed by atoms with Crippen molar-refractivity contribution in [2.75, 3.05) is 17.4 Å². The van der Waals surface area contributed by atoms with Gasteiger partial charge in [0, 0.05) is 12.7 Å².